The zero-order valence-corrected chi connectivity index (χ0v) is 15.0. The molecule has 2 aromatic rings. The van der Waals surface area contributed by atoms with E-state index in [1.807, 2.05) is 6.07 Å². The van der Waals surface area contributed by atoms with E-state index in [2.05, 4.69) is 14.6 Å². The molecule has 0 amide bonds. The number of hydrogen-bond donors (Lipinski definition) is 1. The monoisotopic (exact) mass is 363 g/mol. The van der Waals surface area contributed by atoms with E-state index in [1.54, 1.807) is 12.1 Å². The molecule has 1 saturated heterocycles. The molecule has 2 heterocycles. The standard InChI is InChI=1S/C17H21N3O4S/c1-23-15-7-6-14(11-16(15)24-2)25(21,22)19-13-5-8-17(18-12-13)20-9-3-4-10-20/h5-8,11-12,19H,3-4,9-10H2,1-2H3. The lowest BCUT2D eigenvalue weighted by molar-refractivity contribution is 0.354. The van der Waals surface area contributed by atoms with Crippen LogP contribution in [0.4, 0.5) is 11.5 Å². The van der Waals surface area contributed by atoms with Crippen LogP contribution in [-0.2, 0) is 10.0 Å². The molecule has 3 rings (SSSR count). The number of sulfonamides is 1. The highest BCUT2D eigenvalue weighted by atomic mass is 32.2. The van der Waals surface area contributed by atoms with Gasteiger partial charge in [-0.2, -0.15) is 0 Å². The normalized spacial score (nSPS) is 14.4. The van der Waals surface area contributed by atoms with Crippen molar-refractivity contribution >= 4 is 21.5 Å². The van der Waals surface area contributed by atoms with E-state index < -0.39 is 10.0 Å². The molecule has 134 valence electrons. The lowest BCUT2D eigenvalue weighted by Crippen LogP contribution is -2.19. The van der Waals surface area contributed by atoms with E-state index in [0.717, 1.165) is 31.7 Å². The van der Waals surface area contributed by atoms with Gasteiger partial charge in [-0.1, -0.05) is 0 Å². The molecule has 0 unspecified atom stereocenters. The summed E-state index contributed by atoms with van der Waals surface area (Å²) in [5.41, 5.74) is 0.415. The van der Waals surface area contributed by atoms with Gasteiger partial charge in [0.05, 0.1) is 31.0 Å². The van der Waals surface area contributed by atoms with E-state index in [9.17, 15) is 8.42 Å². The maximum Gasteiger partial charge on any atom is 0.262 e. The van der Waals surface area contributed by atoms with Crippen molar-refractivity contribution in [1.82, 2.24) is 4.98 Å². The van der Waals surface area contributed by atoms with Gasteiger partial charge < -0.3 is 14.4 Å². The Balaban J connectivity index is 1.79. The van der Waals surface area contributed by atoms with E-state index >= 15 is 0 Å². The van der Waals surface area contributed by atoms with E-state index in [4.69, 9.17) is 9.47 Å². The summed E-state index contributed by atoms with van der Waals surface area (Å²) in [7, 11) is -0.783. The molecule has 0 aliphatic carbocycles. The molecule has 0 saturated carbocycles. The molecular formula is C17H21N3O4S. The third kappa shape index (κ3) is 3.79. The van der Waals surface area contributed by atoms with Crippen LogP contribution in [0.5, 0.6) is 11.5 Å². The van der Waals surface area contributed by atoms with Crippen LogP contribution < -0.4 is 19.1 Å². The minimum Gasteiger partial charge on any atom is -0.493 e. The van der Waals surface area contributed by atoms with Crippen molar-refractivity contribution in [3.05, 3.63) is 36.5 Å². The first-order valence-electron chi connectivity index (χ1n) is 7.99. The molecule has 0 bridgehead atoms. The number of aromatic nitrogens is 1. The fourth-order valence-corrected chi connectivity index (χ4v) is 3.84. The van der Waals surface area contributed by atoms with Gasteiger partial charge in [-0.15, -0.1) is 0 Å². The Labute approximate surface area is 147 Å². The fourth-order valence-electron chi connectivity index (χ4n) is 2.78. The summed E-state index contributed by atoms with van der Waals surface area (Å²) in [4.78, 5) is 6.63. The maximum absolute atomic E-state index is 12.6. The molecule has 7 nitrogen and oxygen atoms in total. The zero-order chi connectivity index (χ0) is 17.9. The summed E-state index contributed by atoms with van der Waals surface area (Å²) < 4.78 is 38.0. The van der Waals surface area contributed by atoms with Gasteiger partial charge in [0.25, 0.3) is 10.0 Å². The van der Waals surface area contributed by atoms with Crippen molar-refractivity contribution < 1.29 is 17.9 Å². The number of rotatable bonds is 6. The van der Waals surface area contributed by atoms with Crippen molar-refractivity contribution in [2.75, 3.05) is 36.9 Å². The number of nitrogens with zero attached hydrogens (tertiary/aromatic N) is 2. The number of benzene rings is 1. The largest absolute Gasteiger partial charge is 0.493 e. The van der Waals surface area contributed by atoms with Crippen LogP contribution in [0.1, 0.15) is 12.8 Å². The Morgan fingerprint density at radius 1 is 1.04 bits per heavy atom. The van der Waals surface area contributed by atoms with E-state index in [0.29, 0.717) is 17.2 Å². The molecule has 1 aliphatic heterocycles. The average Bonchev–Trinajstić information content (AvgIpc) is 3.16. The van der Waals surface area contributed by atoms with Crippen LogP contribution in [0, 0.1) is 0 Å². The first kappa shape index (κ1) is 17.3. The third-order valence-electron chi connectivity index (χ3n) is 4.10. The highest BCUT2D eigenvalue weighted by molar-refractivity contribution is 7.92. The Hall–Kier alpha value is -2.48. The molecule has 25 heavy (non-hydrogen) atoms. The van der Waals surface area contributed by atoms with Gasteiger partial charge in [-0.3, -0.25) is 4.72 Å². The summed E-state index contributed by atoms with van der Waals surface area (Å²) in [5.74, 6) is 1.69. The van der Waals surface area contributed by atoms with Gasteiger partial charge in [-0.25, -0.2) is 13.4 Å². The lowest BCUT2D eigenvalue weighted by Gasteiger charge is -2.16. The number of methoxy groups -OCH3 is 2. The van der Waals surface area contributed by atoms with Crippen LogP contribution in [0.25, 0.3) is 0 Å². The number of ether oxygens (including phenoxy) is 2. The molecule has 1 aromatic carbocycles. The molecule has 8 heteroatoms. The topological polar surface area (TPSA) is 80.8 Å². The van der Waals surface area contributed by atoms with Crippen molar-refractivity contribution in [3.63, 3.8) is 0 Å². The molecule has 1 aliphatic rings. The Bertz CT molecular complexity index is 831. The smallest absolute Gasteiger partial charge is 0.262 e. The fraction of sp³-hybridized carbons (Fsp3) is 0.353. The highest BCUT2D eigenvalue weighted by Crippen LogP contribution is 2.30. The maximum atomic E-state index is 12.6. The van der Waals surface area contributed by atoms with Gasteiger partial charge in [0.2, 0.25) is 0 Å². The molecule has 1 aromatic heterocycles. The van der Waals surface area contributed by atoms with Crippen LogP contribution in [0.15, 0.2) is 41.4 Å². The van der Waals surface area contributed by atoms with Crippen LogP contribution in [-0.4, -0.2) is 40.7 Å². The second-order valence-electron chi connectivity index (χ2n) is 5.72. The van der Waals surface area contributed by atoms with Crippen LogP contribution >= 0.6 is 0 Å². The van der Waals surface area contributed by atoms with E-state index in [1.165, 1.54) is 32.5 Å². The number of pyridine rings is 1. The average molecular weight is 363 g/mol. The van der Waals surface area contributed by atoms with Gasteiger partial charge in [0.1, 0.15) is 5.82 Å². The van der Waals surface area contributed by atoms with Crippen molar-refractivity contribution in [2.45, 2.75) is 17.7 Å². The molecule has 0 atom stereocenters. The molecular weight excluding hydrogens is 342 g/mol. The van der Waals surface area contributed by atoms with Gasteiger partial charge in [-0.05, 0) is 37.1 Å². The van der Waals surface area contributed by atoms with Gasteiger partial charge >= 0.3 is 0 Å². The predicted octanol–water partition coefficient (Wildman–Crippen LogP) is 2.50. The number of nitrogens with one attached hydrogen (secondary N) is 1. The van der Waals surface area contributed by atoms with Crippen LogP contribution in [0.3, 0.4) is 0 Å². The minimum atomic E-state index is -3.74. The van der Waals surface area contributed by atoms with Gasteiger partial charge in [0, 0.05) is 19.2 Å². The molecule has 1 fully saturated rings. The minimum absolute atomic E-state index is 0.0915. The Morgan fingerprint density at radius 3 is 2.36 bits per heavy atom. The van der Waals surface area contributed by atoms with Crippen molar-refractivity contribution in [1.29, 1.82) is 0 Å². The quantitative estimate of drug-likeness (QED) is 0.849. The molecule has 0 spiro atoms. The highest BCUT2D eigenvalue weighted by Gasteiger charge is 2.18. The lowest BCUT2D eigenvalue weighted by atomic mass is 10.3. The molecule has 0 radical (unpaired) electrons. The second-order valence-corrected chi connectivity index (χ2v) is 7.40. The Kier molecular flexibility index (Phi) is 4.98. The Morgan fingerprint density at radius 2 is 1.76 bits per heavy atom. The first-order chi connectivity index (χ1) is 12.0. The third-order valence-corrected chi connectivity index (χ3v) is 5.47. The predicted molar refractivity (Wildman–Crippen MR) is 96.0 cm³/mol. The summed E-state index contributed by atoms with van der Waals surface area (Å²) in [6.45, 7) is 1.98. The second kappa shape index (κ2) is 7.18. The van der Waals surface area contributed by atoms with E-state index in [-0.39, 0.29) is 4.90 Å². The van der Waals surface area contributed by atoms with Crippen molar-refractivity contribution in [2.24, 2.45) is 0 Å². The number of anilines is 2. The number of hydrogen-bond acceptors (Lipinski definition) is 6. The first-order valence-corrected chi connectivity index (χ1v) is 9.47. The summed E-state index contributed by atoms with van der Waals surface area (Å²) in [6, 6.07) is 8.00. The van der Waals surface area contributed by atoms with Crippen LogP contribution in [0.2, 0.25) is 0 Å². The summed E-state index contributed by atoms with van der Waals surface area (Å²) in [6.07, 6.45) is 3.86. The molecule has 1 N–H and O–H groups in total. The van der Waals surface area contributed by atoms with Gasteiger partial charge in [0.15, 0.2) is 11.5 Å². The van der Waals surface area contributed by atoms with Crippen molar-refractivity contribution in [3.8, 4) is 11.5 Å². The summed E-state index contributed by atoms with van der Waals surface area (Å²) in [5, 5.41) is 0. The summed E-state index contributed by atoms with van der Waals surface area (Å²) >= 11 is 0. The SMILES string of the molecule is COc1ccc(S(=O)(=O)Nc2ccc(N3CCCC3)nc2)cc1OC. The zero-order valence-electron chi connectivity index (χ0n) is 14.2.